The third-order valence-electron chi connectivity index (χ3n) is 5.84. The van der Waals surface area contributed by atoms with Gasteiger partial charge in [0.2, 0.25) is 5.91 Å². The molecule has 0 unspecified atom stereocenters. The highest BCUT2D eigenvalue weighted by atomic mass is 32.2. The van der Waals surface area contributed by atoms with E-state index in [1.807, 2.05) is 12.1 Å². The van der Waals surface area contributed by atoms with Gasteiger partial charge in [-0.05, 0) is 25.1 Å². The van der Waals surface area contributed by atoms with Crippen molar-refractivity contribution in [1.29, 1.82) is 0 Å². The van der Waals surface area contributed by atoms with Crippen LogP contribution in [0.2, 0.25) is 0 Å². The lowest BCUT2D eigenvalue weighted by molar-refractivity contribution is -0.133. The molecule has 1 aliphatic heterocycles. The van der Waals surface area contributed by atoms with Crippen molar-refractivity contribution in [2.45, 2.75) is 12.2 Å². The summed E-state index contributed by atoms with van der Waals surface area (Å²) in [5, 5.41) is -0.469. The lowest BCUT2D eigenvalue weighted by Crippen LogP contribution is -2.42. The lowest BCUT2D eigenvalue weighted by atomic mass is 10.1. The van der Waals surface area contributed by atoms with Crippen molar-refractivity contribution >= 4 is 46.3 Å². The lowest BCUT2D eigenvalue weighted by Gasteiger charge is -2.24. The van der Waals surface area contributed by atoms with Crippen LogP contribution in [0.5, 0.6) is 11.5 Å². The second-order valence-corrected chi connectivity index (χ2v) is 8.98. The summed E-state index contributed by atoms with van der Waals surface area (Å²) in [5.74, 6) is -0.947. The van der Waals surface area contributed by atoms with Crippen LogP contribution >= 0.6 is 11.8 Å². The average Bonchev–Trinajstić information content (AvgIpc) is 3.21. The molecule has 2 heterocycles. The second-order valence-electron chi connectivity index (χ2n) is 7.87. The zero-order valence-corrected chi connectivity index (χ0v) is 21.6. The molecule has 0 bridgehead atoms. The van der Waals surface area contributed by atoms with Gasteiger partial charge in [-0.15, -0.1) is 0 Å². The zero-order chi connectivity index (χ0) is 26.7. The molecule has 0 spiro atoms. The molecule has 2 aromatic carbocycles. The summed E-state index contributed by atoms with van der Waals surface area (Å²) < 4.78 is 22.4. The number of para-hydroxylation sites is 2. The minimum Gasteiger partial charge on any atom is -0.496 e. The van der Waals surface area contributed by atoms with Crippen molar-refractivity contribution in [3.05, 3.63) is 75.9 Å². The maximum absolute atomic E-state index is 14.0. The van der Waals surface area contributed by atoms with Crippen LogP contribution in [0.3, 0.4) is 0 Å². The van der Waals surface area contributed by atoms with E-state index in [1.54, 1.807) is 49.4 Å². The minimum absolute atomic E-state index is 0.00427. The number of methoxy groups -OCH3 is 3. The molecule has 1 aliphatic rings. The summed E-state index contributed by atoms with van der Waals surface area (Å²) in [6.07, 6.45) is 1.67. The standard InChI is InChI=1S/C27H26N2O7S/c1-5-36-26(31)22-20(28)17(14-15-10-6-8-12-18(15)33-2)21-24(27(32)35-4)37-23(25(30)29(21)22)16-11-7-9-13-19(16)34-3/h6-14,23H,5,28H2,1-4H3/b17-14+/t23-/m0/s1. The van der Waals surface area contributed by atoms with Gasteiger partial charge in [-0.2, -0.15) is 0 Å². The fourth-order valence-electron chi connectivity index (χ4n) is 4.20. The Kier molecular flexibility index (Phi) is 7.58. The molecule has 4 rings (SSSR count). The molecule has 10 heteroatoms. The van der Waals surface area contributed by atoms with Crippen molar-refractivity contribution in [2.75, 3.05) is 33.7 Å². The number of fused-ring (bicyclic) bond motifs is 1. The molecule has 9 nitrogen and oxygen atoms in total. The molecule has 0 fully saturated rings. The van der Waals surface area contributed by atoms with Gasteiger partial charge < -0.3 is 24.7 Å². The number of nitrogens with zero attached hydrogens (tertiary/aromatic N) is 1. The highest BCUT2D eigenvalue weighted by Crippen LogP contribution is 2.42. The second kappa shape index (κ2) is 10.8. The summed E-state index contributed by atoms with van der Waals surface area (Å²) in [6, 6.07) is 14.1. The Hall–Kier alpha value is -4.18. The van der Waals surface area contributed by atoms with E-state index in [1.165, 1.54) is 21.3 Å². The molecular weight excluding hydrogens is 496 g/mol. The summed E-state index contributed by atoms with van der Waals surface area (Å²) in [5.41, 5.74) is 7.51. The summed E-state index contributed by atoms with van der Waals surface area (Å²) in [7, 11) is 4.26. The predicted octanol–water partition coefficient (Wildman–Crippen LogP) is 2.50. The number of carbonyl (C=O) groups excluding carboxylic acids is 3. The van der Waals surface area contributed by atoms with Crippen molar-refractivity contribution in [3.8, 4) is 11.5 Å². The van der Waals surface area contributed by atoms with Crippen LogP contribution in [0, 0.1) is 0 Å². The van der Waals surface area contributed by atoms with Crippen LogP contribution in [-0.4, -0.2) is 50.3 Å². The number of hydrogen-bond donors (Lipinski definition) is 1. The van der Waals surface area contributed by atoms with E-state index in [-0.39, 0.29) is 28.2 Å². The van der Waals surface area contributed by atoms with Crippen LogP contribution in [0.25, 0.3) is 11.0 Å². The number of aromatic nitrogens is 1. The molecule has 1 atom stereocenters. The Morgan fingerprint density at radius 1 is 1.00 bits per heavy atom. The highest BCUT2D eigenvalue weighted by molar-refractivity contribution is 8.10. The number of carbonyl (C=O) groups is 3. The number of anilines is 1. The maximum Gasteiger partial charge on any atom is 0.357 e. The normalized spacial score (nSPS) is 15.2. The molecule has 2 N–H and O–H groups in total. The first kappa shape index (κ1) is 25.9. The van der Waals surface area contributed by atoms with Gasteiger partial charge in [-0.25, -0.2) is 9.59 Å². The first-order chi connectivity index (χ1) is 17.9. The number of hydrogen-bond acceptors (Lipinski definition) is 9. The predicted molar refractivity (Wildman–Crippen MR) is 140 cm³/mol. The summed E-state index contributed by atoms with van der Waals surface area (Å²) >= 11 is 1.01. The maximum atomic E-state index is 14.0. The molecule has 0 aliphatic carbocycles. The van der Waals surface area contributed by atoms with E-state index in [0.717, 1.165) is 16.3 Å². The third-order valence-corrected chi connectivity index (χ3v) is 7.13. The van der Waals surface area contributed by atoms with Gasteiger partial charge in [0.15, 0.2) is 5.69 Å². The molecule has 0 saturated heterocycles. The van der Waals surface area contributed by atoms with E-state index in [4.69, 9.17) is 24.7 Å². The number of esters is 2. The summed E-state index contributed by atoms with van der Waals surface area (Å²) in [4.78, 5) is 40.3. The largest absolute Gasteiger partial charge is 0.496 e. The Balaban J connectivity index is 2.13. The van der Waals surface area contributed by atoms with Crippen molar-refractivity contribution in [3.63, 3.8) is 0 Å². The highest BCUT2D eigenvalue weighted by Gasteiger charge is 2.39. The number of ether oxygens (including phenoxy) is 4. The number of nitrogens with two attached hydrogens (primary N) is 1. The minimum atomic E-state index is -0.920. The molecular formula is C27H26N2O7S. The zero-order valence-electron chi connectivity index (χ0n) is 20.8. The fraction of sp³-hybridized carbons (Fsp3) is 0.222. The number of benzene rings is 2. The fourth-order valence-corrected chi connectivity index (χ4v) is 5.45. The quantitative estimate of drug-likeness (QED) is 0.467. The molecule has 192 valence electrons. The van der Waals surface area contributed by atoms with E-state index in [9.17, 15) is 14.4 Å². The summed E-state index contributed by atoms with van der Waals surface area (Å²) in [6.45, 7) is 1.72. The van der Waals surface area contributed by atoms with Gasteiger partial charge in [0.25, 0.3) is 0 Å². The monoisotopic (exact) mass is 522 g/mol. The van der Waals surface area contributed by atoms with Crippen molar-refractivity contribution < 1.29 is 33.3 Å². The van der Waals surface area contributed by atoms with Crippen LogP contribution in [0.4, 0.5) is 5.69 Å². The van der Waals surface area contributed by atoms with Crippen molar-refractivity contribution in [2.24, 2.45) is 0 Å². The number of thioether (sulfide) groups is 1. The Labute approximate surface area is 217 Å². The molecule has 1 aromatic heterocycles. The van der Waals surface area contributed by atoms with Crippen LogP contribution in [-0.2, 0) is 14.3 Å². The average molecular weight is 523 g/mol. The van der Waals surface area contributed by atoms with E-state index in [0.29, 0.717) is 27.8 Å². The molecule has 37 heavy (non-hydrogen) atoms. The van der Waals surface area contributed by atoms with Gasteiger partial charge in [-0.3, -0.25) is 9.36 Å². The molecule has 0 saturated carbocycles. The Morgan fingerprint density at radius 3 is 2.30 bits per heavy atom. The third kappa shape index (κ3) is 4.55. The van der Waals surface area contributed by atoms with Gasteiger partial charge in [-0.1, -0.05) is 48.2 Å². The van der Waals surface area contributed by atoms with Crippen LogP contribution < -0.4 is 25.8 Å². The van der Waals surface area contributed by atoms with E-state index in [2.05, 4.69) is 0 Å². The number of nitrogen functional groups attached to an aromatic ring is 1. The first-order valence-corrected chi connectivity index (χ1v) is 12.2. The molecule has 0 amide bonds. The Morgan fingerprint density at radius 2 is 1.65 bits per heavy atom. The van der Waals surface area contributed by atoms with E-state index < -0.39 is 23.1 Å². The van der Waals surface area contributed by atoms with Gasteiger partial charge in [0, 0.05) is 16.3 Å². The number of rotatable bonds is 7. The van der Waals surface area contributed by atoms with Gasteiger partial charge >= 0.3 is 11.9 Å². The van der Waals surface area contributed by atoms with Crippen LogP contribution in [0.15, 0.2) is 48.5 Å². The smallest absolute Gasteiger partial charge is 0.357 e. The van der Waals surface area contributed by atoms with Gasteiger partial charge in [0.1, 0.15) is 21.7 Å². The molecule has 3 aromatic rings. The van der Waals surface area contributed by atoms with Gasteiger partial charge in [0.05, 0.1) is 39.0 Å². The van der Waals surface area contributed by atoms with Crippen LogP contribution in [0.1, 0.15) is 38.6 Å². The van der Waals surface area contributed by atoms with Crippen molar-refractivity contribution in [1.82, 2.24) is 4.57 Å². The SMILES string of the molecule is CCOC(=O)c1c(N)/c(=C\c2ccccc2OC)c2n1C(=O)[C@H](c1ccccc1OC)SC=2C(=O)OC. The topological polar surface area (TPSA) is 119 Å². The van der Waals surface area contributed by atoms with E-state index >= 15 is 0 Å². The molecule has 0 radical (unpaired) electrons. The Bertz CT molecular complexity index is 1510. The first-order valence-electron chi connectivity index (χ1n) is 11.4.